The minimum absolute atomic E-state index is 0.539. The van der Waals surface area contributed by atoms with E-state index in [1.54, 1.807) is 11.3 Å². The minimum Gasteiger partial charge on any atom is -0.388 e. The third-order valence-corrected chi connectivity index (χ3v) is 4.83. The first-order valence-corrected chi connectivity index (χ1v) is 8.31. The van der Waals surface area contributed by atoms with Crippen molar-refractivity contribution in [3.8, 4) is 0 Å². The number of hydrogen-bond donors (Lipinski definition) is 1. The molecule has 0 amide bonds. The number of rotatable bonds is 4. The van der Waals surface area contributed by atoms with Crippen molar-refractivity contribution in [3.05, 3.63) is 39.6 Å². The van der Waals surface area contributed by atoms with Crippen molar-refractivity contribution in [1.29, 1.82) is 0 Å². The molecule has 4 nitrogen and oxygen atoms in total. The van der Waals surface area contributed by atoms with Gasteiger partial charge in [-0.2, -0.15) is 0 Å². The van der Waals surface area contributed by atoms with E-state index in [1.807, 2.05) is 7.05 Å². The lowest BCUT2D eigenvalue weighted by molar-refractivity contribution is 0.323. The Morgan fingerprint density at radius 2 is 2.19 bits per heavy atom. The Bertz CT molecular complexity index is 622. The number of likely N-dealkylation sites (tertiary alicyclic amines) is 1. The topological polar surface area (TPSA) is 41.1 Å². The summed E-state index contributed by atoms with van der Waals surface area (Å²) >= 11 is 1.73. The minimum atomic E-state index is 0.539. The largest absolute Gasteiger partial charge is 0.388 e. The van der Waals surface area contributed by atoms with E-state index in [9.17, 15) is 0 Å². The van der Waals surface area contributed by atoms with E-state index < -0.39 is 0 Å². The van der Waals surface area contributed by atoms with Crippen LogP contribution >= 0.6 is 11.3 Å². The summed E-state index contributed by atoms with van der Waals surface area (Å²) in [5.41, 5.74) is 4.67. The molecule has 1 N–H and O–H groups in total. The van der Waals surface area contributed by atoms with Crippen molar-refractivity contribution in [3.63, 3.8) is 0 Å². The van der Waals surface area contributed by atoms with Crippen LogP contribution in [0.25, 0.3) is 0 Å². The molecule has 3 rings (SSSR count). The normalized spacial score (nSPS) is 19.1. The Hall–Kier alpha value is -1.46. The average Bonchev–Trinajstić information content (AvgIpc) is 3.08. The van der Waals surface area contributed by atoms with Crippen LogP contribution < -0.4 is 5.32 Å². The molecule has 2 aromatic rings. The van der Waals surface area contributed by atoms with E-state index in [4.69, 9.17) is 4.98 Å². The van der Waals surface area contributed by atoms with Gasteiger partial charge in [-0.25, -0.2) is 4.98 Å². The maximum atomic E-state index is 4.73. The van der Waals surface area contributed by atoms with Crippen LogP contribution in [0, 0.1) is 13.8 Å². The first-order valence-electron chi connectivity index (χ1n) is 7.44. The zero-order chi connectivity index (χ0) is 14.8. The van der Waals surface area contributed by atoms with E-state index in [0.29, 0.717) is 5.92 Å². The first-order chi connectivity index (χ1) is 10.1. The molecule has 1 saturated heterocycles. The predicted molar refractivity (Wildman–Crippen MR) is 88.0 cm³/mol. The summed E-state index contributed by atoms with van der Waals surface area (Å²) < 4.78 is 0. The van der Waals surface area contributed by atoms with E-state index in [2.05, 4.69) is 46.6 Å². The highest BCUT2D eigenvalue weighted by atomic mass is 32.1. The van der Waals surface area contributed by atoms with Crippen molar-refractivity contribution >= 4 is 17.0 Å². The molecule has 1 aliphatic rings. The number of anilines is 1. The smallest absolute Gasteiger partial charge is 0.0897 e. The van der Waals surface area contributed by atoms with Gasteiger partial charge in [-0.15, -0.1) is 11.3 Å². The van der Waals surface area contributed by atoms with E-state index in [-0.39, 0.29) is 0 Å². The number of aryl methyl sites for hydroxylation is 2. The number of aromatic nitrogens is 2. The van der Waals surface area contributed by atoms with E-state index in [0.717, 1.165) is 36.0 Å². The Balaban J connectivity index is 1.67. The molecular formula is C16H22N4S. The van der Waals surface area contributed by atoms with Gasteiger partial charge in [-0.3, -0.25) is 9.88 Å². The Morgan fingerprint density at radius 3 is 2.90 bits per heavy atom. The van der Waals surface area contributed by atoms with Crippen LogP contribution in [-0.2, 0) is 6.54 Å². The van der Waals surface area contributed by atoms with Gasteiger partial charge in [0, 0.05) is 48.5 Å². The molecule has 0 aliphatic carbocycles. The fourth-order valence-corrected chi connectivity index (χ4v) is 3.58. The molecular weight excluding hydrogens is 280 g/mol. The van der Waals surface area contributed by atoms with E-state index >= 15 is 0 Å². The molecule has 3 heterocycles. The summed E-state index contributed by atoms with van der Waals surface area (Å²) in [5, 5.41) is 6.55. The van der Waals surface area contributed by atoms with E-state index in [1.165, 1.54) is 17.8 Å². The molecule has 0 saturated carbocycles. The van der Waals surface area contributed by atoms with Crippen molar-refractivity contribution in [1.82, 2.24) is 14.9 Å². The first kappa shape index (κ1) is 14.5. The van der Waals surface area contributed by atoms with Crippen molar-refractivity contribution in [2.75, 3.05) is 25.5 Å². The van der Waals surface area contributed by atoms with Gasteiger partial charge >= 0.3 is 0 Å². The van der Waals surface area contributed by atoms with Gasteiger partial charge in [0.2, 0.25) is 0 Å². The molecule has 21 heavy (non-hydrogen) atoms. The van der Waals surface area contributed by atoms with Gasteiger partial charge in [-0.1, -0.05) is 0 Å². The third kappa shape index (κ3) is 3.41. The summed E-state index contributed by atoms with van der Waals surface area (Å²) in [7, 11) is 1.96. The third-order valence-electron chi connectivity index (χ3n) is 4.00. The Morgan fingerprint density at radius 1 is 1.33 bits per heavy atom. The summed E-state index contributed by atoms with van der Waals surface area (Å²) in [5.74, 6) is 0.539. The fourth-order valence-electron chi connectivity index (χ4n) is 2.98. The van der Waals surface area contributed by atoms with Crippen molar-refractivity contribution in [2.45, 2.75) is 32.7 Å². The van der Waals surface area contributed by atoms with Gasteiger partial charge in [0.05, 0.1) is 10.7 Å². The van der Waals surface area contributed by atoms with Crippen LogP contribution in [0.1, 0.15) is 34.4 Å². The summed E-state index contributed by atoms with van der Waals surface area (Å²) in [6.07, 6.45) is 1.18. The summed E-state index contributed by atoms with van der Waals surface area (Å²) in [6, 6.07) is 4.28. The zero-order valence-electron chi connectivity index (χ0n) is 12.9. The molecule has 112 valence electrons. The van der Waals surface area contributed by atoms with Gasteiger partial charge in [0.25, 0.3) is 0 Å². The molecule has 0 unspecified atom stereocenters. The lowest BCUT2D eigenvalue weighted by Crippen LogP contribution is -2.20. The SMILES string of the molecule is CNc1cc(C)nc([C@@H]2CCN(Cc3csc(C)n3)C2)c1. The van der Waals surface area contributed by atoms with Crippen LogP contribution in [0.5, 0.6) is 0 Å². The maximum absolute atomic E-state index is 4.73. The zero-order valence-corrected chi connectivity index (χ0v) is 13.7. The molecule has 1 aliphatic heterocycles. The number of hydrogen-bond acceptors (Lipinski definition) is 5. The highest BCUT2D eigenvalue weighted by Gasteiger charge is 2.25. The molecule has 0 radical (unpaired) electrons. The fraction of sp³-hybridized carbons (Fsp3) is 0.500. The van der Waals surface area contributed by atoms with Gasteiger partial charge in [0.15, 0.2) is 0 Å². The van der Waals surface area contributed by atoms with Gasteiger partial charge in [-0.05, 0) is 38.9 Å². The summed E-state index contributed by atoms with van der Waals surface area (Å²) in [4.78, 5) is 11.8. The summed E-state index contributed by atoms with van der Waals surface area (Å²) in [6.45, 7) is 7.31. The molecule has 2 aromatic heterocycles. The standard InChI is InChI=1S/C16H22N4S/c1-11-6-14(17-3)7-16(18-11)13-4-5-20(8-13)9-15-10-21-12(2)19-15/h6-7,10,13H,4-5,8-9H2,1-3H3,(H,17,18)/t13-/m1/s1. The monoisotopic (exact) mass is 302 g/mol. The molecule has 0 aromatic carbocycles. The quantitative estimate of drug-likeness (QED) is 0.942. The highest BCUT2D eigenvalue weighted by Crippen LogP contribution is 2.28. The second-order valence-electron chi connectivity index (χ2n) is 5.75. The van der Waals surface area contributed by atoms with Crippen molar-refractivity contribution in [2.24, 2.45) is 0 Å². The number of nitrogens with one attached hydrogen (secondary N) is 1. The van der Waals surface area contributed by atoms with Gasteiger partial charge < -0.3 is 5.32 Å². The molecule has 5 heteroatoms. The number of thiazole rings is 1. The number of nitrogens with zero attached hydrogens (tertiary/aromatic N) is 3. The molecule has 0 spiro atoms. The second-order valence-corrected chi connectivity index (χ2v) is 6.81. The lowest BCUT2D eigenvalue weighted by Gasteiger charge is -2.15. The molecule has 1 fully saturated rings. The van der Waals surface area contributed by atoms with Crippen LogP contribution in [0.3, 0.4) is 0 Å². The van der Waals surface area contributed by atoms with Gasteiger partial charge in [0.1, 0.15) is 0 Å². The Labute approximate surface area is 130 Å². The van der Waals surface area contributed by atoms with Crippen molar-refractivity contribution < 1.29 is 0 Å². The maximum Gasteiger partial charge on any atom is 0.0897 e. The van der Waals surface area contributed by atoms with Crippen LogP contribution in [0.15, 0.2) is 17.5 Å². The number of pyridine rings is 1. The molecule has 0 bridgehead atoms. The second kappa shape index (κ2) is 6.12. The molecule has 1 atom stereocenters. The Kier molecular flexibility index (Phi) is 4.22. The average molecular weight is 302 g/mol. The predicted octanol–water partition coefficient (Wildman–Crippen LogP) is 3.19. The van der Waals surface area contributed by atoms with Crippen LogP contribution in [0.2, 0.25) is 0 Å². The highest BCUT2D eigenvalue weighted by molar-refractivity contribution is 7.09. The van der Waals surface area contributed by atoms with Crippen LogP contribution in [0.4, 0.5) is 5.69 Å². The van der Waals surface area contributed by atoms with Crippen LogP contribution in [-0.4, -0.2) is 35.0 Å². The lowest BCUT2D eigenvalue weighted by atomic mass is 10.0.